The van der Waals surface area contributed by atoms with Gasteiger partial charge in [0.25, 0.3) is 0 Å². The summed E-state index contributed by atoms with van der Waals surface area (Å²) in [6.07, 6.45) is 2.24. The number of phenolic OH excluding ortho intramolecular Hbond substituents is 1. The van der Waals surface area contributed by atoms with Gasteiger partial charge in [-0.2, -0.15) is 0 Å². The summed E-state index contributed by atoms with van der Waals surface area (Å²) in [5.74, 6) is 0.588. The Bertz CT molecular complexity index is 701. The Kier molecular flexibility index (Phi) is 5.89. The molecule has 134 valence electrons. The quantitative estimate of drug-likeness (QED) is 0.830. The van der Waals surface area contributed by atoms with E-state index in [-0.39, 0.29) is 17.7 Å². The first-order valence-electron chi connectivity index (χ1n) is 8.59. The second kappa shape index (κ2) is 8.32. The predicted octanol–water partition coefficient (Wildman–Crippen LogP) is 3.72. The minimum absolute atomic E-state index is 0.159. The highest BCUT2D eigenvalue weighted by atomic mass is 19.1. The maximum absolute atomic E-state index is 14.1. The van der Waals surface area contributed by atoms with Crippen molar-refractivity contribution in [2.45, 2.75) is 32.0 Å². The molecule has 2 aromatic carbocycles. The monoisotopic (exact) mass is 345 g/mol. The van der Waals surface area contributed by atoms with Gasteiger partial charge in [0.15, 0.2) is 0 Å². The number of hydrogen-bond acceptors (Lipinski definition) is 4. The number of ether oxygens (including phenoxy) is 2. The summed E-state index contributed by atoms with van der Waals surface area (Å²) >= 11 is 0. The number of benzene rings is 2. The predicted molar refractivity (Wildman–Crippen MR) is 94.1 cm³/mol. The molecule has 0 bridgehead atoms. The highest BCUT2D eigenvalue weighted by Crippen LogP contribution is 2.26. The summed E-state index contributed by atoms with van der Waals surface area (Å²) in [5, 5.41) is 10.2. The van der Waals surface area contributed by atoms with E-state index in [0.29, 0.717) is 30.9 Å². The highest BCUT2D eigenvalue weighted by Gasteiger charge is 2.21. The van der Waals surface area contributed by atoms with E-state index < -0.39 is 0 Å². The smallest absolute Gasteiger partial charge is 0.127 e. The van der Waals surface area contributed by atoms with Crippen molar-refractivity contribution >= 4 is 0 Å². The molecule has 0 amide bonds. The molecule has 1 atom stereocenters. The number of nitrogens with zero attached hydrogens (tertiary/aromatic N) is 1. The zero-order valence-corrected chi connectivity index (χ0v) is 14.5. The number of rotatable bonds is 7. The Morgan fingerprint density at radius 1 is 1.20 bits per heavy atom. The van der Waals surface area contributed by atoms with Crippen LogP contribution in [0, 0.1) is 5.82 Å². The number of phenols is 1. The van der Waals surface area contributed by atoms with Crippen molar-refractivity contribution in [1.82, 2.24) is 4.90 Å². The molecular formula is C20H24FNO3. The standard InChI is InChI=1S/C20H24FNO3/c1-24-17-9-8-16(20(23)11-17)13-22(14-18-6-4-10-25-18)12-15-5-2-3-7-19(15)21/h2-3,5,7-9,11,18,23H,4,6,10,12-14H2,1H3. The number of methoxy groups -OCH3 is 1. The second-order valence-electron chi connectivity index (χ2n) is 6.39. The van der Waals surface area contributed by atoms with E-state index >= 15 is 0 Å². The van der Waals surface area contributed by atoms with Gasteiger partial charge in [-0.25, -0.2) is 4.39 Å². The first-order chi connectivity index (χ1) is 12.2. The number of aromatic hydroxyl groups is 1. The van der Waals surface area contributed by atoms with E-state index in [0.717, 1.165) is 25.0 Å². The summed E-state index contributed by atoms with van der Waals surface area (Å²) < 4.78 is 24.9. The molecule has 3 rings (SSSR count). The number of hydrogen-bond donors (Lipinski definition) is 1. The Labute approximate surface area is 147 Å². The third kappa shape index (κ3) is 4.71. The fourth-order valence-corrected chi connectivity index (χ4v) is 3.17. The average Bonchev–Trinajstić information content (AvgIpc) is 3.11. The summed E-state index contributed by atoms with van der Waals surface area (Å²) in [7, 11) is 1.57. The largest absolute Gasteiger partial charge is 0.507 e. The van der Waals surface area contributed by atoms with E-state index in [2.05, 4.69) is 4.90 Å². The van der Waals surface area contributed by atoms with Gasteiger partial charge < -0.3 is 14.6 Å². The summed E-state index contributed by atoms with van der Waals surface area (Å²) in [6, 6.07) is 12.1. The summed E-state index contributed by atoms with van der Waals surface area (Å²) in [6.45, 7) is 2.48. The molecule has 1 aliphatic rings. The summed E-state index contributed by atoms with van der Waals surface area (Å²) in [4.78, 5) is 2.12. The molecule has 1 heterocycles. The van der Waals surface area contributed by atoms with Gasteiger partial charge in [0.1, 0.15) is 17.3 Å². The average molecular weight is 345 g/mol. The van der Waals surface area contributed by atoms with Crippen molar-refractivity contribution < 1.29 is 19.0 Å². The van der Waals surface area contributed by atoms with Gasteiger partial charge in [-0.15, -0.1) is 0 Å². The van der Waals surface area contributed by atoms with Crippen molar-refractivity contribution in [2.24, 2.45) is 0 Å². The molecule has 5 heteroatoms. The molecule has 1 aliphatic heterocycles. The van der Waals surface area contributed by atoms with E-state index in [1.54, 1.807) is 25.3 Å². The minimum Gasteiger partial charge on any atom is -0.507 e. The Morgan fingerprint density at radius 2 is 2.00 bits per heavy atom. The van der Waals surface area contributed by atoms with Crippen molar-refractivity contribution in [2.75, 3.05) is 20.3 Å². The lowest BCUT2D eigenvalue weighted by molar-refractivity contribution is 0.0672. The third-order valence-electron chi connectivity index (χ3n) is 4.52. The molecule has 1 fully saturated rings. The lowest BCUT2D eigenvalue weighted by atomic mass is 10.1. The van der Waals surface area contributed by atoms with E-state index in [9.17, 15) is 9.50 Å². The molecule has 0 aliphatic carbocycles. The van der Waals surface area contributed by atoms with E-state index in [1.165, 1.54) is 6.07 Å². The Balaban J connectivity index is 1.76. The van der Waals surface area contributed by atoms with Gasteiger partial charge in [0.2, 0.25) is 0 Å². The SMILES string of the molecule is COc1ccc(CN(Cc2ccccc2F)CC2CCCO2)c(O)c1. The first-order valence-corrected chi connectivity index (χ1v) is 8.59. The van der Waals surface area contributed by atoms with Crippen LogP contribution in [0.25, 0.3) is 0 Å². The van der Waals surface area contributed by atoms with Gasteiger partial charge in [-0.3, -0.25) is 4.90 Å². The van der Waals surface area contributed by atoms with Gasteiger partial charge in [-0.05, 0) is 25.0 Å². The van der Waals surface area contributed by atoms with Crippen LogP contribution >= 0.6 is 0 Å². The topological polar surface area (TPSA) is 41.9 Å². The van der Waals surface area contributed by atoms with Crippen LogP contribution in [-0.4, -0.2) is 36.4 Å². The van der Waals surface area contributed by atoms with Gasteiger partial charge >= 0.3 is 0 Å². The molecule has 0 saturated carbocycles. The molecule has 4 nitrogen and oxygen atoms in total. The van der Waals surface area contributed by atoms with Crippen molar-refractivity contribution in [3.8, 4) is 11.5 Å². The van der Waals surface area contributed by atoms with E-state index in [1.807, 2.05) is 18.2 Å². The van der Waals surface area contributed by atoms with Crippen molar-refractivity contribution in [3.05, 3.63) is 59.4 Å². The van der Waals surface area contributed by atoms with Crippen molar-refractivity contribution in [1.29, 1.82) is 0 Å². The van der Waals surface area contributed by atoms with E-state index in [4.69, 9.17) is 9.47 Å². The molecule has 1 N–H and O–H groups in total. The van der Waals surface area contributed by atoms with Crippen LogP contribution in [0.2, 0.25) is 0 Å². The van der Waals surface area contributed by atoms with Crippen LogP contribution in [-0.2, 0) is 17.8 Å². The molecule has 25 heavy (non-hydrogen) atoms. The molecule has 2 aromatic rings. The molecule has 0 radical (unpaired) electrons. The second-order valence-corrected chi connectivity index (χ2v) is 6.39. The highest BCUT2D eigenvalue weighted by molar-refractivity contribution is 5.39. The van der Waals surface area contributed by atoms with Crippen LogP contribution < -0.4 is 4.74 Å². The number of halogens is 1. The normalized spacial score (nSPS) is 17.2. The first kappa shape index (κ1) is 17.7. The minimum atomic E-state index is -0.209. The van der Waals surface area contributed by atoms with Crippen LogP contribution in [0.4, 0.5) is 4.39 Å². The molecule has 0 spiro atoms. The van der Waals surface area contributed by atoms with Crippen LogP contribution in [0.3, 0.4) is 0 Å². The lowest BCUT2D eigenvalue weighted by Crippen LogP contribution is -2.31. The fourth-order valence-electron chi connectivity index (χ4n) is 3.17. The van der Waals surface area contributed by atoms with Crippen LogP contribution in [0.5, 0.6) is 11.5 Å². The maximum atomic E-state index is 14.1. The van der Waals surface area contributed by atoms with Crippen molar-refractivity contribution in [3.63, 3.8) is 0 Å². The zero-order valence-electron chi connectivity index (χ0n) is 14.5. The van der Waals surface area contributed by atoms with Gasteiger partial charge in [0, 0.05) is 43.4 Å². The Morgan fingerprint density at radius 3 is 2.68 bits per heavy atom. The zero-order chi connectivity index (χ0) is 17.6. The molecule has 1 unspecified atom stereocenters. The maximum Gasteiger partial charge on any atom is 0.127 e. The van der Waals surface area contributed by atoms with Gasteiger partial charge in [0.05, 0.1) is 13.2 Å². The summed E-state index contributed by atoms with van der Waals surface area (Å²) in [5.41, 5.74) is 1.43. The van der Waals surface area contributed by atoms with Gasteiger partial charge in [-0.1, -0.05) is 24.3 Å². The lowest BCUT2D eigenvalue weighted by Gasteiger charge is -2.26. The van der Waals surface area contributed by atoms with Crippen LogP contribution in [0.15, 0.2) is 42.5 Å². The molecule has 1 saturated heterocycles. The third-order valence-corrected chi connectivity index (χ3v) is 4.52. The molecular weight excluding hydrogens is 321 g/mol. The fraction of sp³-hybridized carbons (Fsp3) is 0.400. The van der Waals surface area contributed by atoms with Crippen LogP contribution in [0.1, 0.15) is 24.0 Å². The Hall–Kier alpha value is -2.11. The molecule has 0 aromatic heterocycles.